The Morgan fingerprint density at radius 1 is 1.39 bits per heavy atom. The van der Waals surface area contributed by atoms with Crippen LogP contribution in [-0.2, 0) is 0 Å². The van der Waals surface area contributed by atoms with E-state index in [0.717, 1.165) is 5.56 Å². The standard InChI is InChI=1S/C12H16F3NOS/c1-9(16-2)10-4-3-5-11(8-10)17-6-7-18-12(13,14)15/h3-5,8-9,16H,6-7H2,1-2H3. The SMILES string of the molecule is CNC(C)c1cccc(OCCSC(F)(F)F)c1. The highest BCUT2D eigenvalue weighted by molar-refractivity contribution is 8.00. The van der Waals surface area contributed by atoms with Crippen LogP contribution < -0.4 is 10.1 Å². The lowest BCUT2D eigenvalue weighted by atomic mass is 10.1. The van der Waals surface area contributed by atoms with Crippen LogP contribution >= 0.6 is 11.8 Å². The summed E-state index contributed by atoms with van der Waals surface area (Å²) in [5.74, 6) is 0.493. The molecule has 0 aromatic heterocycles. The van der Waals surface area contributed by atoms with Gasteiger partial charge in [-0.1, -0.05) is 12.1 Å². The van der Waals surface area contributed by atoms with Crippen LogP contribution in [0.1, 0.15) is 18.5 Å². The quantitative estimate of drug-likeness (QED) is 0.804. The van der Waals surface area contributed by atoms with Crippen molar-refractivity contribution in [2.45, 2.75) is 18.5 Å². The lowest BCUT2D eigenvalue weighted by molar-refractivity contribution is -0.0329. The largest absolute Gasteiger partial charge is 0.493 e. The number of thioether (sulfide) groups is 1. The minimum atomic E-state index is -4.19. The molecule has 0 heterocycles. The Labute approximate surface area is 109 Å². The van der Waals surface area contributed by atoms with E-state index in [-0.39, 0.29) is 30.2 Å². The lowest BCUT2D eigenvalue weighted by Crippen LogP contribution is -2.12. The molecule has 0 saturated heterocycles. The highest BCUT2D eigenvalue weighted by atomic mass is 32.2. The maximum atomic E-state index is 11.9. The van der Waals surface area contributed by atoms with Crippen molar-refractivity contribution in [1.29, 1.82) is 0 Å². The first-order valence-electron chi connectivity index (χ1n) is 5.53. The van der Waals surface area contributed by atoms with Gasteiger partial charge in [0.1, 0.15) is 5.75 Å². The molecule has 1 rings (SSSR count). The number of benzene rings is 1. The first-order valence-corrected chi connectivity index (χ1v) is 6.51. The number of alkyl halides is 3. The fourth-order valence-corrected chi connectivity index (χ4v) is 1.76. The fourth-order valence-electron chi connectivity index (χ4n) is 1.36. The number of ether oxygens (including phenoxy) is 1. The number of rotatable bonds is 6. The molecule has 102 valence electrons. The smallest absolute Gasteiger partial charge is 0.441 e. The van der Waals surface area contributed by atoms with Crippen molar-refractivity contribution in [3.8, 4) is 5.75 Å². The molecule has 0 aliphatic rings. The van der Waals surface area contributed by atoms with Gasteiger partial charge in [0, 0.05) is 11.8 Å². The van der Waals surface area contributed by atoms with E-state index in [4.69, 9.17) is 4.74 Å². The maximum Gasteiger partial charge on any atom is 0.441 e. The second-order valence-corrected chi connectivity index (χ2v) is 4.89. The molecule has 1 N–H and O–H groups in total. The van der Waals surface area contributed by atoms with Crippen molar-refractivity contribution >= 4 is 11.8 Å². The molecule has 0 saturated carbocycles. The molecule has 0 radical (unpaired) electrons. The van der Waals surface area contributed by atoms with E-state index in [1.165, 1.54) is 0 Å². The Bertz CT molecular complexity index is 371. The first-order chi connectivity index (χ1) is 8.42. The molecule has 0 spiro atoms. The van der Waals surface area contributed by atoms with Gasteiger partial charge < -0.3 is 10.1 Å². The van der Waals surface area contributed by atoms with E-state index in [1.54, 1.807) is 6.07 Å². The highest BCUT2D eigenvalue weighted by Gasteiger charge is 2.27. The molecule has 0 bridgehead atoms. The monoisotopic (exact) mass is 279 g/mol. The van der Waals surface area contributed by atoms with Gasteiger partial charge in [0.15, 0.2) is 0 Å². The van der Waals surface area contributed by atoms with Crippen LogP contribution in [0.25, 0.3) is 0 Å². The van der Waals surface area contributed by atoms with Crippen LogP contribution in [0.3, 0.4) is 0 Å². The Hall–Kier alpha value is -0.880. The van der Waals surface area contributed by atoms with E-state index in [9.17, 15) is 13.2 Å². The summed E-state index contributed by atoms with van der Waals surface area (Å²) in [6.45, 7) is 2.04. The number of halogens is 3. The van der Waals surface area contributed by atoms with Gasteiger partial charge in [-0.05, 0) is 43.4 Å². The summed E-state index contributed by atoms with van der Waals surface area (Å²) >= 11 is -0.0695. The molecule has 0 amide bonds. The summed E-state index contributed by atoms with van der Waals surface area (Å²) in [6, 6.07) is 7.52. The minimum Gasteiger partial charge on any atom is -0.493 e. The predicted octanol–water partition coefficient (Wildman–Crippen LogP) is 3.60. The molecule has 1 unspecified atom stereocenters. The van der Waals surface area contributed by atoms with Crippen molar-refractivity contribution < 1.29 is 17.9 Å². The van der Waals surface area contributed by atoms with Crippen LogP contribution in [0.15, 0.2) is 24.3 Å². The van der Waals surface area contributed by atoms with Crippen LogP contribution in [0.5, 0.6) is 5.75 Å². The fraction of sp³-hybridized carbons (Fsp3) is 0.500. The predicted molar refractivity (Wildman–Crippen MR) is 67.9 cm³/mol. The summed E-state index contributed by atoms with van der Waals surface area (Å²) in [7, 11) is 1.85. The summed E-state index contributed by atoms with van der Waals surface area (Å²) in [5, 5.41) is 3.09. The van der Waals surface area contributed by atoms with E-state index in [2.05, 4.69) is 5.32 Å². The molecular formula is C12H16F3NOS. The van der Waals surface area contributed by atoms with Gasteiger partial charge in [-0.15, -0.1) is 0 Å². The third-order valence-corrected chi connectivity index (χ3v) is 3.11. The Morgan fingerprint density at radius 2 is 2.11 bits per heavy atom. The zero-order chi connectivity index (χ0) is 13.6. The topological polar surface area (TPSA) is 21.3 Å². The van der Waals surface area contributed by atoms with Gasteiger partial charge in [-0.3, -0.25) is 0 Å². The average Bonchev–Trinajstić information content (AvgIpc) is 2.33. The molecule has 0 fully saturated rings. The average molecular weight is 279 g/mol. The van der Waals surface area contributed by atoms with E-state index >= 15 is 0 Å². The van der Waals surface area contributed by atoms with E-state index in [1.807, 2.05) is 32.2 Å². The van der Waals surface area contributed by atoms with Crippen molar-refractivity contribution in [3.63, 3.8) is 0 Å². The number of hydrogen-bond acceptors (Lipinski definition) is 3. The summed E-state index contributed by atoms with van der Waals surface area (Å²) in [6.07, 6.45) is 0. The number of nitrogens with one attached hydrogen (secondary N) is 1. The Kier molecular flexibility index (Phi) is 5.81. The summed E-state index contributed by atoms with van der Waals surface area (Å²) in [4.78, 5) is 0. The summed E-state index contributed by atoms with van der Waals surface area (Å²) < 4.78 is 41.0. The van der Waals surface area contributed by atoms with E-state index < -0.39 is 5.51 Å². The van der Waals surface area contributed by atoms with Gasteiger partial charge in [-0.25, -0.2) is 0 Å². The molecule has 1 atom stereocenters. The van der Waals surface area contributed by atoms with Crippen LogP contribution in [0.4, 0.5) is 13.2 Å². The molecule has 6 heteroatoms. The van der Waals surface area contributed by atoms with Crippen molar-refractivity contribution in [3.05, 3.63) is 29.8 Å². The third-order valence-electron chi connectivity index (χ3n) is 2.41. The van der Waals surface area contributed by atoms with Gasteiger partial charge in [0.05, 0.1) is 6.61 Å². The second-order valence-electron chi connectivity index (χ2n) is 3.73. The normalized spacial score (nSPS) is 13.4. The lowest BCUT2D eigenvalue weighted by Gasteiger charge is -2.13. The Morgan fingerprint density at radius 3 is 2.72 bits per heavy atom. The maximum absolute atomic E-state index is 11.9. The molecule has 1 aromatic carbocycles. The highest BCUT2D eigenvalue weighted by Crippen LogP contribution is 2.29. The summed E-state index contributed by atoms with van der Waals surface area (Å²) in [5.41, 5.74) is -3.15. The second kappa shape index (κ2) is 6.89. The molecule has 1 aromatic rings. The van der Waals surface area contributed by atoms with Crippen molar-refractivity contribution in [2.75, 3.05) is 19.4 Å². The van der Waals surface area contributed by atoms with Gasteiger partial charge in [-0.2, -0.15) is 13.2 Å². The molecule has 0 aliphatic carbocycles. The van der Waals surface area contributed by atoms with Crippen molar-refractivity contribution in [1.82, 2.24) is 5.32 Å². The zero-order valence-electron chi connectivity index (χ0n) is 10.3. The van der Waals surface area contributed by atoms with E-state index in [0.29, 0.717) is 5.75 Å². The number of hydrogen-bond donors (Lipinski definition) is 1. The molecule has 2 nitrogen and oxygen atoms in total. The minimum absolute atomic E-state index is 0.0432. The zero-order valence-corrected chi connectivity index (χ0v) is 11.1. The molecule has 0 aliphatic heterocycles. The molecular weight excluding hydrogens is 263 g/mol. The first kappa shape index (κ1) is 15.2. The van der Waals surface area contributed by atoms with Crippen LogP contribution in [0, 0.1) is 0 Å². The van der Waals surface area contributed by atoms with Gasteiger partial charge in [0.2, 0.25) is 0 Å². The van der Waals surface area contributed by atoms with Crippen molar-refractivity contribution in [2.24, 2.45) is 0 Å². The van der Waals surface area contributed by atoms with Gasteiger partial charge in [0.25, 0.3) is 0 Å². The van der Waals surface area contributed by atoms with Crippen LogP contribution in [0.2, 0.25) is 0 Å². The van der Waals surface area contributed by atoms with Gasteiger partial charge >= 0.3 is 5.51 Å². The van der Waals surface area contributed by atoms with Crippen LogP contribution in [-0.4, -0.2) is 24.9 Å². The Balaban J connectivity index is 2.43. The molecule has 18 heavy (non-hydrogen) atoms. The third kappa shape index (κ3) is 5.64.